The molecule has 1 heterocycles. The highest BCUT2D eigenvalue weighted by atomic mass is 16.6. The molecule has 0 saturated heterocycles. The van der Waals surface area contributed by atoms with Gasteiger partial charge < -0.3 is 5.73 Å². The van der Waals surface area contributed by atoms with Crippen LogP contribution in [0.5, 0.6) is 0 Å². The molecule has 12 heavy (non-hydrogen) atoms. The molecule has 2 N–H and O–H groups in total. The van der Waals surface area contributed by atoms with Crippen LogP contribution in [0.4, 0.5) is 5.82 Å². The number of hydrogen-bond acceptors (Lipinski definition) is 4. The average Bonchev–Trinajstić information content (AvgIpc) is 2.53. The largest absolute Gasteiger partial charge is 0.379 e. The molecule has 0 spiro atoms. The van der Waals surface area contributed by atoms with Crippen molar-refractivity contribution < 1.29 is 4.63 Å². The summed E-state index contributed by atoms with van der Waals surface area (Å²) in [5.41, 5.74) is 6.47. The lowest BCUT2D eigenvalue weighted by Gasteiger charge is -2.18. The van der Waals surface area contributed by atoms with Gasteiger partial charge >= 0.3 is 0 Å². The van der Waals surface area contributed by atoms with E-state index in [1.807, 2.05) is 0 Å². The van der Waals surface area contributed by atoms with Gasteiger partial charge in [-0.15, -0.1) is 0 Å². The summed E-state index contributed by atoms with van der Waals surface area (Å²) >= 11 is 0. The van der Waals surface area contributed by atoms with Crippen molar-refractivity contribution in [1.29, 1.82) is 0 Å². The van der Waals surface area contributed by atoms with E-state index in [0.29, 0.717) is 11.7 Å². The van der Waals surface area contributed by atoms with E-state index in [2.05, 4.69) is 14.9 Å². The molecule has 0 unspecified atom stereocenters. The first-order valence-corrected chi connectivity index (χ1v) is 4.46. The van der Waals surface area contributed by atoms with E-state index in [-0.39, 0.29) is 0 Å². The Labute approximate surface area is 71.1 Å². The molecule has 2 rings (SSSR count). The number of nitrogen functional groups attached to an aromatic ring is 1. The van der Waals surface area contributed by atoms with Crippen molar-refractivity contribution in [1.82, 2.24) is 10.3 Å². The van der Waals surface area contributed by atoms with Gasteiger partial charge in [-0.05, 0) is 18.0 Å². The topological polar surface area (TPSA) is 64.9 Å². The average molecular weight is 167 g/mol. The van der Waals surface area contributed by atoms with Crippen molar-refractivity contribution in [2.24, 2.45) is 0 Å². The summed E-state index contributed by atoms with van der Waals surface area (Å²) in [6.45, 7) is 0. The molecule has 0 bridgehead atoms. The van der Waals surface area contributed by atoms with Crippen molar-refractivity contribution in [3.63, 3.8) is 0 Å². The van der Waals surface area contributed by atoms with E-state index in [9.17, 15) is 0 Å². The van der Waals surface area contributed by atoms with Crippen LogP contribution < -0.4 is 5.73 Å². The quantitative estimate of drug-likeness (QED) is 0.691. The predicted octanol–water partition coefficient (Wildman–Crippen LogP) is 1.70. The van der Waals surface area contributed by atoms with Gasteiger partial charge in [-0.25, -0.2) is 4.63 Å². The summed E-state index contributed by atoms with van der Waals surface area (Å²) in [6.07, 6.45) is 6.24. The van der Waals surface area contributed by atoms with Gasteiger partial charge in [0.15, 0.2) is 5.82 Å². The molecular formula is C8H13N3O. The van der Waals surface area contributed by atoms with E-state index < -0.39 is 0 Å². The Morgan fingerprint density at radius 1 is 1.17 bits per heavy atom. The number of nitrogens with zero attached hydrogens (tertiary/aromatic N) is 2. The Balaban J connectivity index is 2.13. The molecule has 66 valence electrons. The SMILES string of the molecule is Nc1nonc1C1CCCCC1. The first kappa shape index (κ1) is 7.58. The van der Waals surface area contributed by atoms with Crippen molar-refractivity contribution in [2.75, 3.05) is 5.73 Å². The zero-order valence-corrected chi connectivity index (χ0v) is 6.99. The number of nitrogens with two attached hydrogens (primary N) is 1. The van der Waals surface area contributed by atoms with Crippen LogP contribution in [-0.2, 0) is 0 Å². The molecule has 0 amide bonds. The summed E-state index contributed by atoms with van der Waals surface area (Å²) in [4.78, 5) is 0. The summed E-state index contributed by atoms with van der Waals surface area (Å²) in [7, 11) is 0. The number of rotatable bonds is 1. The number of hydrogen-bond donors (Lipinski definition) is 1. The van der Waals surface area contributed by atoms with E-state index in [1.54, 1.807) is 0 Å². The van der Waals surface area contributed by atoms with Crippen molar-refractivity contribution in [3.8, 4) is 0 Å². The van der Waals surface area contributed by atoms with E-state index in [1.165, 1.54) is 32.1 Å². The molecule has 1 saturated carbocycles. The summed E-state index contributed by atoms with van der Waals surface area (Å²) in [5, 5.41) is 7.41. The van der Waals surface area contributed by atoms with Crippen molar-refractivity contribution >= 4 is 5.82 Å². The Morgan fingerprint density at radius 3 is 2.50 bits per heavy atom. The zero-order chi connectivity index (χ0) is 8.39. The lowest BCUT2D eigenvalue weighted by atomic mass is 9.87. The molecule has 0 aromatic carbocycles. The van der Waals surface area contributed by atoms with Gasteiger partial charge in [0.25, 0.3) is 0 Å². The van der Waals surface area contributed by atoms with Gasteiger partial charge in [0.2, 0.25) is 0 Å². The minimum Gasteiger partial charge on any atom is -0.379 e. The maximum Gasteiger partial charge on any atom is 0.191 e. The molecule has 1 aromatic heterocycles. The Hall–Kier alpha value is -1.06. The minimum atomic E-state index is 0.474. The standard InChI is InChI=1S/C8H13N3O/c9-8-7(10-12-11-8)6-4-2-1-3-5-6/h6H,1-5H2,(H2,9,11). The fraction of sp³-hybridized carbons (Fsp3) is 0.750. The van der Waals surface area contributed by atoms with Gasteiger partial charge in [-0.2, -0.15) is 0 Å². The van der Waals surface area contributed by atoms with Crippen molar-refractivity contribution in [3.05, 3.63) is 5.69 Å². The molecule has 0 atom stereocenters. The maximum atomic E-state index is 5.60. The fourth-order valence-electron chi connectivity index (χ4n) is 1.86. The highest BCUT2D eigenvalue weighted by Gasteiger charge is 2.21. The number of aromatic nitrogens is 2. The van der Waals surface area contributed by atoms with Crippen LogP contribution in [0, 0.1) is 0 Å². The second kappa shape index (κ2) is 3.13. The van der Waals surface area contributed by atoms with E-state index in [0.717, 1.165) is 5.69 Å². The zero-order valence-electron chi connectivity index (χ0n) is 6.99. The third kappa shape index (κ3) is 1.29. The Morgan fingerprint density at radius 2 is 1.92 bits per heavy atom. The summed E-state index contributed by atoms with van der Waals surface area (Å²) in [6, 6.07) is 0. The second-order valence-electron chi connectivity index (χ2n) is 3.37. The molecule has 1 fully saturated rings. The Bertz CT molecular complexity index is 253. The van der Waals surface area contributed by atoms with Gasteiger partial charge in [0.1, 0.15) is 5.69 Å². The van der Waals surface area contributed by atoms with Gasteiger partial charge in [-0.3, -0.25) is 0 Å². The smallest absolute Gasteiger partial charge is 0.191 e. The highest BCUT2D eigenvalue weighted by Crippen LogP contribution is 2.33. The van der Waals surface area contributed by atoms with E-state index in [4.69, 9.17) is 5.73 Å². The molecular weight excluding hydrogens is 154 g/mol. The van der Waals surface area contributed by atoms with Crippen LogP contribution in [0.2, 0.25) is 0 Å². The predicted molar refractivity (Wildman–Crippen MR) is 44.5 cm³/mol. The lowest BCUT2D eigenvalue weighted by Crippen LogP contribution is -2.07. The van der Waals surface area contributed by atoms with E-state index >= 15 is 0 Å². The van der Waals surface area contributed by atoms with Gasteiger partial charge in [0.05, 0.1) is 0 Å². The first-order chi connectivity index (χ1) is 5.88. The highest BCUT2D eigenvalue weighted by molar-refractivity contribution is 5.34. The van der Waals surface area contributed by atoms with Crippen LogP contribution in [0.25, 0.3) is 0 Å². The lowest BCUT2D eigenvalue weighted by molar-refractivity contribution is 0.297. The molecule has 0 aliphatic heterocycles. The summed E-state index contributed by atoms with van der Waals surface area (Å²) < 4.78 is 4.57. The van der Waals surface area contributed by atoms with Crippen LogP contribution in [0.15, 0.2) is 4.63 Å². The fourth-order valence-corrected chi connectivity index (χ4v) is 1.86. The van der Waals surface area contributed by atoms with Gasteiger partial charge in [-0.1, -0.05) is 24.4 Å². The first-order valence-electron chi connectivity index (χ1n) is 4.46. The van der Waals surface area contributed by atoms with Crippen LogP contribution in [-0.4, -0.2) is 10.3 Å². The minimum absolute atomic E-state index is 0.474. The molecule has 4 heteroatoms. The molecule has 4 nitrogen and oxygen atoms in total. The van der Waals surface area contributed by atoms with Crippen LogP contribution in [0.1, 0.15) is 43.7 Å². The molecule has 1 aliphatic carbocycles. The van der Waals surface area contributed by atoms with Crippen LogP contribution >= 0.6 is 0 Å². The second-order valence-corrected chi connectivity index (χ2v) is 3.37. The molecule has 1 aromatic rings. The maximum absolute atomic E-state index is 5.60. The molecule has 1 aliphatic rings. The van der Waals surface area contributed by atoms with Crippen molar-refractivity contribution in [2.45, 2.75) is 38.0 Å². The monoisotopic (exact) mass is 167 g/mol. The number of anilines is 1. The third-order valence-corrected chi connectivity index (χ3v) is 2.53. The normalized spacial score (nSPS) is 19.7. The summed E-state index contributed by atoms with van der Waals surface area (Å²) in [5.74, 6) is 0.965. The van der Waals surface area contributed by atoms with Gasteiger partial charge in [0, 0.05) is 5.92 Å². The third-order valence-electron chi connectivity index (χ3n) is 2.53. The molecule has 0 radical (unpaired) electrons. The Kier molecular flexibility index (Phi) is 1.98. The van der Waals surface area contributed by atoms with Crippen LogP contribution in [0.3, 0.4) is 0 Å².